The molecule has 0 amide bonds. The second-order valence-electron chi connectivity index (χ2n) is 6.74. The number of hydrogen-bond donors (Lipinski definition) is 2. The summed E-state index contributed by atoms with van der Waals surface area (Å²) in [5.74, 6) is 0.151. The molecule has 0 saturated carbocycles. The monoisotopic (exact) mass is 427 g/mol. The lowest BCUT2D eigenvalue weighted by Gasteiger charge is -2.26. The zero-order valence-electron chi connectivity index (χ0n) is 16.0. The number of H-pyrrole nitrogens is 1. The summed E-state index contributed by atoms with van der Waals surface area (Å²) in [5, 5.41) is 0.691. The van der Waals surface area contributed by atoms with Crippen molar-refractivity contribution >= 4 is 23.1 Å². The first-order valence-corrected chi connectivity index (χ1v) is 9.50. The molecule has 1 saturated heterocycles. The predicted molar refractivity (Wildman–Crippen MR) is 107 cm³/mol. The van der Waals surface area contributed by atoms with Gasteiger partial charge >= 0.3 is 6.18 Å². The minimum atomic E-state index is -4.50. The van der Waals surface area contributed by atoms with Crippen LogP contribution in [0.3, 0.4) is 0 Å². The molecule has 29 heavy (non-hydrogen) atoms. The van der Waals surface area contributed by atoms with E-state index in [0.717, 1.165) is 31.4 Å². The number of nitrogens with one attached hydrogen (secondary N) is 2. The zero-order valence-corrected chi connectivity index (χ0v) is 16.8. The number of anilines is 1. The molecule has 1 aromatic heterocycles. The summed E-state index contributed by atoms with van der Waals surface area (Å²) in [6.45, 7) is 7.14. The molecule has 2 heterocycles. The average Bonchev–Trinajstić information content (AvgIpc) is 3.10. The van der Waals surface area contributed by atoms with Crippen molar-refractivity contribution in [2.24, 2.45) is 0 Å². The Morgan fingerprint density at radius 1 is 1.31 bits per heavy atom. The highest BCUT2D eigenvalue weighted by Crippen LogP contribution is 2.36. The van der Waals surface area contributed by atoms with Gasteiger partial charge in [0, 0.05) is 23.8 Å². The molecule has 0 unspecified atom stereocenters. The summed E-state index contributed by atoms with van der Waals surface area (Å²) in [6.07, 6.45) is -2.09. The van der Waals surface area contributed by atoms with Crippen LogP contribution >= 0.6 is 11.6 Å². The van der Waals surface area contributed by atoms with Crippen LogP contribution in [-0.4, -0.2) is 53.5 Å². The minimum absolute atomic E-state index is 0.0144. The van der Waals surface area contributed by atoms with Gasteiger partial charge in [-0.3, -0.25) is 15.2 Å². The van der Waals surface area contributed by atoms with Gasteiger partial charge in [0.15, 0.2) is 13.1 Å². The van der Waals surface area contributed by atoms with Gasteiger partial charge < -0.3 is 4.98 Å². The van der Waals surface area contributed by atoms with Gasteiger partial charge in [-0.25, -0.2) is 4.58 Å². The fourth-order valence-electron chi connectivity index (χ4n) is 3.48. The summed E-state index contributed by atoms with van der Waals surface area (Å²) in [7, 11) is 1.35. The molecule has 2 aromatic rings. The third kappa shape index (κ3) is 5.01. The van der Waals surface area contributed by atoms with E-state index in [9.17, 15) is 13.2 Å². The molecule has 0 atom stereocenters. The first-order valence-electron chi connectivity index (χ1n) is 9.12. The third-order valence-electron chi connectivity index (χ3n) is 4.87. The molecule has 1 fully saturated rings. The van der Waals surface area contributed by atoms with Crippen LogP contribution < -0.4 is 5.48 Å². The molecule has 5 nitrogen and oxygen atoms in total. The lowest BCUT2D eigenvalue weighted by atomic mass is 10.1. The van der Waals surface area contributed by atoms with Gasteiger partial charge in [-0.1, -0.05) is 30.3 Å². The van der Waals surface area contributed by atoms with Crippen molar-refractivity contribution in [2.45, 2.75) is 12.7 Å². The Bertz CT molecular complexity index is 880. The number of allylic oxidation sites excluding steroid dienone is 1. The Kier molecular flexibility index (Phi) is 6.66. The number of halogens is 4. The van der Waals surface area contributed by atoms with Crippen LogP contribution in [0, 0.1) is 0 Å². The lowest BCUT2D eigenvalue weighted by molar-refractivity contribution is -0.539. The highest BCUT2D eigenvalue weighted by Gasteiger charge is 2.39. The van der Waals surface area contributed by atoms with Crippen LogP contribution in [0.5, 0.6) is 0 Å². The molecule has 2 N–H and O–H groups in total. The highest BCUT2D eigenvalue weighted by atomic mass is 35.5. The maximum absolute atomic E-state index is 13.5. The maximum Gasteiger partial charge on any atom is 0.418 e. The van der Waals surface area contributed by atoms with E-state index in [-0.39, 0.29) is 11.4 Å². The van der Waals surface area contributed by atoms with Gasteiger partial charge in [0.2, 0.25) is 5.71 Å². The van der Waals surface area contributed by atoms with Crippen LogP contribution in [0.2, 0.25) is 5.02 Å². The van der Waals surface area contributed by atoms with Gasteiger partial charge in [0.1, 0.15) is 11.4 Å². The van der Waals surface area contributed by atoms with E-state index in [0.29, 0.717) is 23.8 Å². The second kappa shape index (κ2) is 9.02. The second-order valence-corrected chi connectivity index (χ2v) is 7.17. The summed E-state index contributed by atoms with van der Waals surface area (Å²) in [5.41, 5.74) is 3.32. The molecule has 0 bridgehead atoms. The molecule has 1 aliphatic heterocycles. The van der Waals surface area contributed by atoms with Crippen molar-refractivity contribution in [2.75, 3.05) is 38.8 Å². The predicted octanol–water partition coefficient (Wildman–Crippen LogP) is 4.16. The summed E-state index contributed by atoms with van der Waals surface area (Å²) in [6, 6.07) is 7.67. The molecule has 0 radical (unpaired) electrons. The van der Waals surface area contributed by atoms with Crippen LogP contribution in [0.15, 0.2) is 43.1 Å². The van der Waals surface area contributed by atoms with Gasteiger partial charge in [-0.05, 0) is 17.7 Å². The fourth-order valence-corrected chi connectivity index (χ4v) is 3.61. The first kappa shape index (κ1) is 21.4. The fraction of sp³-hybridized carbons (Fsp3) is 0.350. The van der Waals surface area contributed by atoms with Crippen LogP contribution in [0.4, 0.5) is 19.0 Å². The zero-order chi connectivity index (χ0) is 21.0. The molecule has 0 aliphatic carbocycles. The van der Waals surface area contributed by atoms with Crippen LogP contribution in [-0.2, 0) is 17.6 Å². The number of aromatic nitrogens is 1. The summed E-state index contributed by atoms with van der Waals surface area (Å²) in [4.78, 5) is 9.71. The largest absolute Gasteiger partial charge is 0.418 e. The summed E-state index contributed by atoms with van der Waals surface area (Å²) >= 11 is 5.92. The highest BCUT2D eigenvalue weighted by molar-refractivity contribution is 6.30. The van der Waals surface area contributed by atoms with Crippen molar-refractivity contribution in [1.29, 1.82) is 0 Å². The van der Waals surface area contributed by atoms with E-state index in [4.69, 9.17) is 16.4 Å². The number of piperazine rings is 1. The molecule has 1 aliphatic rings. The molecule has 3 rings (SSSR count). The normalized spacial score (nSPS) is 15.4. The molecular weight excluding hydrogens is 405 g/mol. The van der Waals surface area contributed by atoms with Crippen molar-refractivity contribution in [3.05, 3.63) is 64.8 Å². The Morgan fingerprint density at radius 3 is 2.52 bits per heavy atom. The van der Waals surface area contributed by atoms with E-state index in [1.807, 2.05) is 28.8 Å². The standard InChI is InChI=1S/C20H22ClF3N4O/c1-3-17(18-16(20(22,23)24)12-25-19(18)26-29-2)28-10-8-27(9-11-28)13-14-4-6-15(21)7-5-14/h3-7,12H,1,8-11,13H2,2H3,(H,25,26)/p+1. The Hall–Kier alpha value is -2.29. The van der Waals surface area contributed by atoms with E-state index in [1.54, 1.807) is 0 Å². The first-order chi connectivity index (χ1) is 13.8. The van der Waals surface area contributed by atoms with Crippen LogP contribution in [0.1, 0.15) is 16.7 Å². The number of hydrogen-bond acceptors (Lipinski definition) is 3. The van der Waals surface area contributed by atoms with Gasteiger partial charge in [-0.2, -0.15) is 13.2 Å². The SMILES string of the molecule is C=CC(c1c(C(F)(F)F)c[nH]c1NOC)=[N+]1CCN(Cc2ccc(Cl)cc2)CC1. The van der Waals surface area contributed by atoms with Crippen molar-refractivity contribution in [3.8, 4) is 0 Å². The number of rotatable bonds is 6. The van der Waals surface area contributed by atoms with Crippen molar-refractivity contribution < 1.29 is 22.6 Å². The summed E-state index contributed by atoms with van der Waals surface area (Å²) < 4.78 is 42.5. The average molecular weight is 428 g/mol. The molecular formula is C20H23ClF3N4O+. The van der Waals surface area contributed by atoms with Crippen molar-refractivity contribution in [3.63, 3.8) is 0 Å². The van der Waals surface area contributed by atoms with E-state index >= 15 is 0 Å². The molecule has 1 aromatic carbocycles. The minimum Gasteiger partial charge on any atom is -0.345 e. The molecule has 0 spiro atoms. The smallest absolute Gasteiger partial charge is 0.345 e. The Balaban J connectivity index is 1.82. The molecule has 156 valence electrons. The van der Waals surface area contributed by atoms with E-state index in [1.165, 1.54) is 13.2 Å². The van der Waals surface area contributed by atoms with E-state index in [2.05, 4.69) is 21.9 Å². The number of alkyl halides is 3. The van der Waals surface area contributed by atoms with Gasteiger partial charge in [-0.15, -0.1) is 0 Å². The number of benzene rings is 1. The topological polar surface area (TPSA) is 43.3 Å². The lowest BCUT2D eigenvalue weighted by Crippen LogP contribution is -2.43. The number of nitrogens with zero attached hydrogens (tertiary/aromatic N) is 2. The molecule has 9 heteroatoms. The van der Waals surface area contributed by atoms with Crippen molar-refractivity contribution in [1.82, 2.24) is 9.88 Å². The maximum atomic E-state index is 13.5. The Labute approximate surface area is 172 Å². The van der Waals surface area contributed by atoms with E-state index < -0.39 is 11.7 Å². The third-order valence-corrected chi connectivity index (χ3v) is 5.12. The van der Waals surface area contributed by atoms with Crippen LogP contribution in [0.25, 0.3) is 0 Å². The quantitative estimate of drug-likeness (QED) is 0.537. The van der Waals surface area contributed by atoms with Gasteiger partial charge in [0.05, 0.1) is 25.8 Å². The Morgan fingerprint density at radius 2 is 1.97 bits per heavy atom. The van der Waals surface area contributed by atoms with Gasteiger partial charge in [0.25, 0.3) is 0 Å². The number of aromatic amines is 1.